The molecule has 1 nitrogen and oxygen atoms in total. The Bertz CT molecular complexity index is 51.7. The van der Waals surface area contributed by atoms with E-state index in [1.807, 2.05) is 13.8 Å². The van der Waals surface area contributed by atoms with Crippen molar-refractivity contribution >= 4 is 0 Å². The van der Waals surface area contributed by atoms with Crippen LogP contribution < -0.4 is 0 Å². The first-order valence-electron chi connectivity index (χ1n) is 8.23. The molecule has 0 heterocycles. The Balaban J connectivity index is -0.0000000739. The van der Waals surface area contributed by atoms with Crippen molar-refractivity contribution in [3.05, 3.63) is 0 Å². The van der Waals surface area contributed by atoms with E-state index in [2.05, 4.69) is 41.5 Å². The molecule has 0 aliphatic heterocycles. The Morgan fingerprint density at radius 1 is 0.500 bits per heavy atom. The highest BCUT2D eigenvalue weighted by Gasteiger charge is 1.68. The summed E-state index contributed by atoms with van der Waals surface area (Å²) in [6.07, 6.45) is 9.40. The highest BCUT2D eigenvalue weighted by Crippen LogP contribution is 1.88. The van der Waals surface area contributed by atoms with Gasteiger partial charge in [0.1, 0.15) is 0 Å². The SMILES string of the molecule is CCC.CCCCC.CCCCC.CCOCC. The number of unbranched alkanes of at least 4 members (excludes halogenated alkanes) is 4. The van der Waals surface area contributed by atoms with Crippen molar-refractivity contribution in [2.45, 2.75) is 100 Å². The number of ether oxygens (including phenoxy) is 1. The van der Waals surface area contributed by atoms with Gasteiger partial charge in [-0.3, -0.25) is 0 Å². The fraction of sp³-hybridized carbons (Fsp3) is 1.00. The molecule has 0 saturated heterocycles. The van der Waals surface area contributed by atoms with Gasteiger partial charge in [0.15, 0.2) is 0 Å². The van der Waals surface area contributed by atoms with E-state index in [9.17, 15) is 0 Å². The molecule has 0 N–H and O–H groups in total. The second-order valence-corrected chi connectivity index (χ2v) is 4.20. The van der Waals surface area contributed by atoms with E-state index in [4.69, 9.17) is 4.74 Å². The van der Waals surface area contributed by atoms with Crippen LogP contribution in [0.5, 0.6) is 0 Å². The molecule has 0 saturated carbocycles. The summed E-state index contributed by atoms with van der Waals surface area (Å²) in [5, 5.41) is 0. The van der Waals surface area contributed by atoms with Gasteiger partial charge in [-0.25, -0.2) is 0 Å². The zero-order valence-electron chi connectivity index (χ0n) is 14.8. The fourth-order valence-electron chi connectivity index (χ4n) is 0.911. The predicted molar refractivity (Wildman–Crippen MR) is 88.5 cm³/mol. The molecule has 1 heteroatoms. The molecule has 0 radical (unpaired) electrons. The number of hydrogen-bond acceptors (Lipinski definition) is 1. The molecule has 0 aliphatic carbocycles. The monoisotopic (exact) mass is 262 g/mol. The quantitative estimate of drug-likeness (QED) is 0.508. The maximum Gasteiger partial charge on any atom is 0.0437 e. The van der Waals surface area contributed by atoms with E-state index in [0.29, 0.717) is 0 Å². The average Bonchev–Trinajstić information content (AvgIpc) is 2.35. The van der Waals surface area contributed by atoms with Crippen molar-refractivity contribution in [1.82, 2.24) is 0 Å². The van der Waals surface area contributed by atoms with Crippen LogP contribution in [0.1, 0.15) is 100 Å². The molecule has 0 rings (SSSR count). The normalized spacial score (nSPS) is 8.00. The number of hydrogen-bond donors (Lipinski definition) is 0. The van der Waals surface area contributed by atoms with Crippen LogP contribution in [0.4, 0.5) is 0 Å². The van der Waals surface area contributed by atoms with Crippen LogP contribution in [-0.2, 0) is 4.74 Å². The second-order valence-electron chi connectivity index (χ2n) is 4.20. The van der Waals surface area contributed by atoms with Crippen molar-refractivity contribution in [1.29, 1.82) is 0 Å². The summed E-state index contributed by atoms with van der Waals surface area (Å²) in [5.74, 6) is 0. The largest absolute Gasteiger partial charge is 0.382 e. The Labute approximate surface area is 119 Å². The highest BCUT2D eigenvalue weighted by atomic mass is 16.5. The Hall–Kier alpha value is -0.0400. The van der Waals surface area contributed by atoms with Gasteiger partial charge in [0, 0.05) is 13.2 Å². The summed E-state index contributed by atoms with van der Waals surface area (Å²) in [5.41, 5.74) is 0. The van der Waals surface area contributed by atoms with Gasteiger partial charge in [-0.05, 0) is 13.8 Å². The van der Waals surface area contributed by atoms with Crippen LogP contribution >= 0.6 is 0 Å². The van der Waals surface area contributed by atoms with Crippen LogP contribution in [-0.4, -0.2) is 13.2 Å². The second kappa shape index (κ2) is 43.5. The van der Waals surface area contributed by atoms with E-state index in [-0.39, 0.29) is 0 Å². The van der Waals surface area contributed by atoms with Gasteiger partial charge in [0.05, 0.1) is 0 Å². The lowest BCUT2D eigenvalue weighted by molar-refractivity contribution is 0.162. The van der Waals surface area contributed by atoms with Gasteiger partial charge < -0.3 is 4.74 Å². The minimum Gasteiger partial charge on any atom is -0.382 e. The van der Waals surface area contributed by atoms with E-state index >= 15 is 0 Å². The lowest BCUT2D eigenvalue weighted by atomic mass is 10.3. The molecule has 0 fully saturated rings. The van der Waals surface area contributed by atoms with E-state index in [1.165, 1.54) is 44.9 Å². The summed E-state index contributed by atoms with van der Waals surface area (Å²) in [4.78, 5) is 0. The van der Waals surface area contributed by atoms with Crippen molar-refractivity contribution in [3.63, 3.8) is 0 Å². The summed E-state index contributed by atoms with van der Waals surface area (Å²) < 4.78 is 4.83. The third-order valence-corrected chi connectivity index (χ3v) is 1.82. The lowest BCUT2D eigenvalue weighted by Crippen LogP contribution is -1.84. The molecular weight excluding hydrogens is 220 g/mol. The zero-order chi connectivity index (χ0) is 15.1. The first kappa shape index (κ1) is 26.5. The molecule has 0 unspecified atom stereocenters. The van der Waals surface area contributed by atoms with Gasteiger partial charge in [-0.15, -0.1) is 0 Å². The van der Waals surface area contributed by atoms with Gasteiger partial charge >= 0.3 is 0 Å². The predicted octanol–water partition coefficient (Wildman–Crippen LogP) is 6.85. The van der Waals surface area contributed by atoms with Crippen LogP contribution in [0.25, 0.3) is 0 Å². The van der Waals surface area contributed by atoms with Crippen molar-refractivity contribution in [2.75, 3.05) is 13.2 Å². The molecular formula is C17H42O. The molecule has 0 aromatic carbocycles. The molecule has 0 aromatic heterocycles. The third kappa shape index (κ3) is 101. The summed E-state index contributed by atoms with van der Waals surface area (Å²) >= 11 is 0. The fourth-order valence-corrected chi connectivity index (χ4v) is 0.911. The van der Waals surface area contributed by atoms with E-state index in [1.54, 1.807) is 0 Å². The first-order valence-corrected chi connectivity index (χ1v) is 8.23. The lowest BCUT2D eigenvalue weighted by Gasteiger charge is -1.86. The van der Waals surface area contributed by atoms with Crippen molar-refractivity contribution in [2.24, 2.45) is 0 Å². The van der Waals surface area contributed by atoms with E-state index < -0.39 is 0 Å². The zero-order valence-corrected chi connectivity index (χ0v) is 14.8. The Morgan fingerprint density at radius 3 is 0.722 bits per heavy atom. The van der Waals surface area contributed by atoms with E-state index in [0.717, 1.165) is 13.2 Å². The van der Waals surface area contributed by atoms with Crippen LogP contribution in [0.15, 0.2) is 0 Å². The molecule has 0 spiro atoms. The average molecular weight is 263 g/mol. The molecule has 0 bridgehead atoms. The van der Waals surface area contributed by atoms with Crippen LogP contribution in [0.3, 0.4) is 0 Å². The van der Waals surface area contributed by atoms with Gasteiger partial charge in [-0.2, -0.15) is 0 Å². The first-order chi connectivity index (χ1) is 8.66. The molecule has 0 amide bonds. The topological polar surface area (TPSA) is 9.23 Å². The number of rotatable bonds is 6. The summed E-state index contributed by atoms with van der Waals surface area (Å²) in [6.45, 7) is 18.8. The molecule has 116 valence electrons. The molecule has 0 aliphatic rings. The maximum atomic E-state index is 4.83. The standard InChI is InChI=1S/2C5H12.C4H10O.C3H8/c3*1-3-5-4-2;1-3-2/h2*3-5H2,1-2H3;3-4H2,1-2H3;3H2,1-2H3. The van der Waals surface area contributed by atoms with Crippen LogP contribution in [0, 0.1) is 0 Å². The minimum absolute atomic E-state index is 0.844. The summed E-state index contributed by atoms with van der Waals surface area (Å²) in [6, 6.07) is 0. The molecule has 18 heavy (non-hydrogen) atoms. The Morgan fingerprint density at radius 2 is 0.722 bits per heavy atom. The molecule has 0 atom stereocenters. The smallest absolute Gasteiger partial charge is 0.0437 e. The van der Waals surface area contributed by atoms with Gasteiger partial charge in [-0.1, -0.05) is 86.5 Å². The van der Waals surface area contributed by atoms with Gasteiger partial charge in [0.25, 0.3) is 0 Å². The van der Waals surface area contributed by atoms with Crippen molar-refractivity contribution < 1.29 is 4.74 Å². The van der Waals surface area contributed by atoms with Gasteiger partial charge in [0.2, 0.25) is 0 Å². The van der Waals surface area contributed by atoms with Crippen LogP contribution in [0.2, 0.25) is 0 Å². The highest BCUT2D eigenvalue weighted by molar-refractivity contribution is 4.24. The summed E-state index contributed by atoms with van der Waals surface area (Å²) in [7, 11) is 0. The Kier molecular flexibility index (Phi) is 64.1. The third-order valence-electron chi connectivity index (χ3n) is 1.82. The van der Waals surface area contributed by atoms with Crippen molar-refractivity contribution in [3.8, 4) is 0 Å². The minimum atomic E-state index is 0.844. The molecule has 0 aromatic rings. The maximum absolute atomic E-state index is 4.83.